The summed E-state index contributed by atoms with van der Waals surface area (Å²) in [5.41, 5.74) is 5.83. The van der Waals surface area contributed by atoms with Crippen LogP contribution in [0.2, 0.25) is 0 Å². The molecule has 1 heterocycles. The molecule has 0 aliphatic rings. The van der Waals surface area contributed by atoms with Crippen LogP contribution in [-0.4, -0.2) is 9.97 Å². The molecule has 0 bridgehead atoms. The van der Waals surface area contributed by atoms with Gasteiger partial charge in [-0.3, -0.25) is 0 Å². The molecule has 1 aromatic carbocycles. The van der Waals surface area contributed by atoms with Gasteiger partial charge in [0.25, 0.3) is 0 Å². The minimum Gasteiger partial charge on any atom is -0.438 e. The van der Waals surface area contributed by atoms with Crippen LogP contribution in [-0.2, 0) is 6.42 Å². The third-order valence-electron chi connectivity index (χ3n) is 2.32. The number of nitrogen functional groups attached to an aromatic ring is 1. The Morgan fingerprint density at radius 2 is 1.94 bits per heavy atom. The first kappa shape index (κ1) is 12.8. The van der Waals surface area contributed by atoms with Gasteiger partial charge < -0.3 is 10.5 Å². The maximum atomic E-state index is 5.83. The number of halogens is 1. The van der Waals surface area contributed by atoms with Crippen LogP contribution in [0, 0.1) is 0 Å². The third-order valence-corrected chi connectivity index (χ3v) is 3.07. The van der Waals surface area contributed by atoms with Gasteiger partial charge in [-0.05, 0) is 34.5 Å². The maximum absolute atomic E-state index is 5.83. The Labute approximate surface area is 114 Å². The number of anilines is 1. The number of hydrogen-bond acceptors (Lipinski definition) is 4. The molecule has 0 spiro atoms. The normalized spacial score (nSPS) is 10.3. The molecular weight excluding hydrogens is 294 g/mol. The van der Waals surface area contributed by atoms with Gasteiger partial charge in [0.2, 0.25) is 5.88 Å². The van der Waals surface area contributed by atoms with Crippen LogP contribution >= 0.6 is 15.9 Å². The van der Waals surface area contributed by atoms with Crippen molar-refractivity contribution in [3.8, 4) is 11.6 Å². The van der Waals surface area contributed by atoms with E-state index in [2.05, 4.69) is 32.8 Å². The Balaban J connectivity index is 2.31. The zero-order valence-electron chi connectivity index (χ0n) is 10.1. The Kier molecular flexibility index (Phi) is 4.15. The number of hydrogen-bond donors (Lipinski definition) is 1. The summed E-state index contributed by atoms with van der Waals surface area (Å²) in [5, 5.41) is 0. The highest BCUT2D eigenvalue weighted by Gasteiger charge is 2.11. The van der Waals surface area contributed by atoms with E-state index >= 15 is 0 Å². The van der Waals surface area contributed by atoms with E-state index in [-0.39, 0.29) is 0 Å². The summed E-state index contributed by atoms with van der Waals surface area (Å²) in [6.07, 6.45) is 1.74. The highest BCUT2D eigenvalue weighted by atomic mass is 79.9. The molecule has 0 aliphatic carbocycles. The van der Waals surface area contributed by atoms with Gasteiger partial charge in [0.15, 0.2) is 0 Å². The molecule has 0 saturated heterocycles. The number of nitrogens with two attached hydrogens (primary N) is 1. The Bertz CT molecular complexity index is 531. The van der Waals surface area contributed by atoms with Gasteiger partial charge in [0.1, 0.15) is 21.9 Å². The van der Waals surface area contributed by atoms with E-state index in [1.165, 1.54) is 0 Å². The molecule has 1 aromatic heterocycles. The second-order valence-corrected chi connectivity index (χ2v) is 4.60. The fraction of sp³-hybridized carbons (Fsp3) is 0.231. The van der Waals surface area contributed by atoms with Gasteiger partial charge in [0.05, 0.1) is 0 Å². The highest BCUT2D eigenvalue weighted by molar-refractivity contribution is 9.10. The van der Waals surface area contributed by atoms with Crippen molar-refractivity contribution in [2.75, 3.05) is 5.73 Å². The number of rotatable bonds is 4. The van der Waals surface area contributed by atoms with Crippen molar-refractivity contribution in [2.24, 2.45) is 0 Å². The van der Waals surface area contributed by atoms with Crippen LogP contribution in [0.15, 0.2) is 34.8 Å². The fourth-order valence-corrected chi connectivity index (χ4v) is 1.75. The molecule has 0 fully saturated rings. The van der Waals surface area contributed by atoms with Crippen LogP contribution in [0.1, 0.15) is 19.2 Å². The topological polar surface area (TPSA) is 61.0 Å². The molecule has 4 nitrogen and oxygen atoms in total. The number of para-hydroxylation sites is 1. The first-order chi connectivity index (χ1) is 8.70. The van der Waals surface area contributed by atoms with E-state index in [1.807, 2.05) is 30.3 Å². The highest BCUT2D eigenvalue weighted by Crippen LogP contribution is 2.31. The van der Waals surface area contributed by atoms with Crippen LogP contribution in [0.5, 0.6) is 11.6 Å². The van der Waals surface area contributed by atoms with Crippen molar-refractivity contribution >= 4 is 21.7 Å². The first-order valence-electron chi connectivity index (χ1n) is 5.75. The molecule has 2 N–H and O–H groups in total. The second kappa shape index (κ2) is 5.82. The lowest BCUT2D eigenvalue weighted by Crippen LogP contribution is -2.03. The predicted octanol–water partition coefficient (Wildman–Crippen LogP) is 3.57. The average Bonchev–Trinajstić information content (AvgIpc) is 2.37. The van der Waals surface area contributed by atoms with Crippen molar-refractivity contribution < 1.29 is 4.74 Å². The van der Waals surface area contributed by atoms with Crippen LogP contribution in [0.4, 0.5) is 5.82 Å². The molecule has 0 atom stereocenters. The van der Waals surface area contributed by atoms with E-state index in [9.17, 15) is 0 Å². The SMILES string of the molecule is CCCc1nc(N)c(Br)c(Oc2ccccc2)n1. The van der Waals surface area contributed by atoms with Crippen LogP contribution < -0.4 is 10.5 Å². The van der Waals surface area contributed by atoms with Gasteiger partial charge >= 0.3 is 0 Å². The van der Waals surface area contributed by atoms with E-state index in [0.29, 0.717) is 22.0 Å². The lowest BCUT2D eigenvalue weighted by molar-refractivity contribution is 0.455. The van der Waals surface area contributed by atoms with E-state index in [0.717, 1.165) is 18.6 Å². The molecule has 0 amide bonds. The molecule has 0 radical (unpaired) electrons. The molecule has 0 saturated carbocycles. The molecule has 0 aliphatic heterocycles. The fourth-order valence-electron chi connectivity index (χ4n) is 1.49. The Morgan fingerprint density at radius 1 is 1.22 bits per heavy atom. The zero-order valence-corrected chi connectivity index (χ0v) is 11.6. The molecule has 2 rings (SSSR count). The van der Waals surface area contributed by atoms with Gasteiger partial charge in [0, 0.05) is 6.42 Å². The monoisotopic (exact) mass is 307 g/mol. The molecule has 2 aromatic rings. The summed E-state index contributed by atoms with van der Waals surface area (Å²) >= 11 is 3.35. The summed E-state index contributed by atoms with van der Waals surface area (Å²) in [4.78, 5) is 8.56. The van der Waals surface area contributed by atoms with Gasteiger partial charge in [-0.25, -0.2) is 4.98 Å². The number of ether oxygens (including phenoxy) is 1. The molecule has 5 heteroatoms. The second-order valence-electron chi connectivity index (χ2n) is 3.81. The van der Waals surface area contributed by atoms with E-state index in [1.54, 1.807) is 0 Å². The molecule has 18 heavy (non-hydrogen) atoms. The quantitative estimate of drug-likeness (QED) is 0.938. The minimum absolute atomic E-state index is 0.402. The lowest BCUT2D eigenvalue weighted by Gasteiger charge is -2.09. The summed E-state index contributed by atoms with van der Waals surface area (Å²) < 4.78 is 6.29. The molecule has 0 unspecified atom stereocenters. The summed E-state index contributed by atoms with van der Waals surface area (Å²) in [5.74, 6) is 2.28. The Morgan fingerprint density at radius 3 is 2.61 bits per heavy atom. The van der Waals surface area contributed by atoms with E-state index < -0.39 is 0 Å². The maximum Gasteiger partial charge on any atom is 0.239 e. The smallest absolute Gasteiger partial charge is 0.239 e. The number of nitrogens with zero attached hydrogens (tertiary/aromatic N) is 2. The molecular formula is C13H14BrN3O. The van der Waals surface area contributed by atoms with Gasteiger partial charge in [-0.15, -0.1) is 0 Å². The van der Waals surface area contributed by atoms with Crippen LogP contribution in [0.25, 0.3) is 0 Å². The van der Waals surface area contributed by atoms with Crippen molar-refractivity contribution in [3.63, 3.8) is 0 Å². The van der Waals surface area contributed by atoms with Crippen molar-refractivity contribution in [3.05, 3.63) is 40.6 Å². The number of aryl methyl sites for hydroxylation is 1. The average molecular weight is 308 g/mol. The zero-order chi connectivity index (χ0) is 13.0. The summed E-state index contributed by atoms with van der Waals surface area (Å²) in [6, 6.07) is 9.47. The third kappa shape index (κ3) is 2.98. The largest absolute Gasteiger partial charge is 0.438 e. The van der Waals surface area contributed by atoms with Crippen LogP contribution in [0.3, 0.4) is 0 Å². The summed E-state index contributed by atoms with van der Waals surface area (Å²) in [7, 11) is 0. The van der Waals surface area contributed by atoms with Crippen molar-refractivity contribution in [1.29, 1.82) is 0 Å². The first-order valence-corrected chi connectivity index (χ1v) is 6.54. The van der Waals surface area contributed by atoms with Gasteiger partial charge in [-0.2, -0.15) is 4.98 Å². The lowest BCUT2D eigenvalue weighted by atomic mass is 10.3. The molecule has 94 valence electrons. The van der Waals surface area contributed by atoms with Crippen molar-refractivity contribution in [1.82, 2.24) is 9.97 Å². The minimum atomic E-state index is 0.402. The number of benzene rings is 1. The summed E-state index contributed by atoms with van der Waals surface area (Å²) in [6.45, 7) is 2.07. The van der Waals surface area contributed by atoms with Gasteiger partial charge in [-0.1, -0.05) is 25.1 Å². The predicted molar refractivity (Wildman–Crippen MR) is 74.7 cm³/mol. The van der Waals surface area contributed by atoms with Crippen molar-refractivity contribution in [2.45, 2.75) is 19.8 Å². The standard InChI is InChI=1S/C13H14BrN3O/c1-2-6-10-16-12(15)11(14)13(17-10)18-9-7-4-3-5-8-9/h3-5,7-8H,2,6H2,1H3,(H2,15,16,17). The number of aromatic nitrogens is 2. The Hall–Kier alpha value is -1.62. The van der Waals surface area contributed by atoms with E-state index in [4.69, 9.17) is 10.5 Å².